The highest BCUT2D eigenvalue weighted by Crippen LogP contribution is 2.24. The van der Waals surface area contributed by atoms with Gasteiger partial charge in [-0.05, 0) is 36.4 Å². The molecule has 7 heteroatoms. The maximum Gasteiger partial charge on any atom is 0.269 e. The smallest absolute Gasteiger partial charge is 0.269 e. The molecule has 1 aliphatic heterocycles. The average molecular weight is 328 g/mol. The van der Waals surface area contributed by atoms with Crippen LogP contribution >= 0.6 is 0 Å². The number of hydrogen-bond acceptors (Lipinski definition) is 5. The molecule has 2 aromatic rings. The van der Waals surface area contributed by atoms with Gasteiger partial charge < -0.3 is 14.4 Å². The molecule has 0 spiro atoms. The van der Waals surface area contributed by atoms with Gasteiger partial charge in [0.05, 0.1) is 18.1 Å². The Labute approximate surface area is 138 Å². The van der Waals surface area contributed by atoms with Gasteiger partial charge in [-0.3, -0.25) is 14.9 Å². The summed E-state index contributed by atoms with van der Waals surface area (Å²) in [7, 11) is 0. The molecule has 0 radical (unpaired) electrons. The monoisotopic (exact) mass is 328 g/mol. The first-order valence-corrected chi connectivity index (χ1v) is 7.53. The Kier molecular flexibility index (Phi) is 4.72. The summed E-state index contributed by atoms with van der Waals surface area (Å²) < 4.78 is 10.9. The van der Waals surface area contributed by atoms with Crippen LogP contribution in [0.2, 0.25) is 0 Å². The van der Waals surface area contributed by atoms with Crippen LogP contribution < -0.4 is 4.74 Å². The first-order chi connectivity index (χ1) is 11.6. The van der Waals surface area contributed by atoms with Crippen LogP contribution in [-0.4, -0.2) is 42.0 Å². The number of carbonyl (C=O) groups is 1. The fourth-order valence-corrected chi connectivity index (χ4v) is 2.39. The molecule has 0 aliphatic carbocycles. The van der Waals surface area contributed by atoms with Crippen molar-refractivity contribution >= 4 is 11.6 Å². The number of ether oxygens (including phenoxy) is 2. The number of nitrogens with zero attached hydrogens (tertiary/aromatic N) is 2. The molecular weight excluding hydrogens is 312 g/mol. The van der Waals surface area contributed by atoms with Crippen molar-refractivity contribution in [3.63, 3.8) is 0 Å². The average Bonchev–Trinajstić information content (AvgIpc) is 2.63. The normalized spacial score (nSPS) is 14.2. The molecule has 1 aliphatic rings. The third kappa shape index (κ3) is 3.69. The van der Waals surface area contributed by atoms with E-state index in [-0.39, 0.29) is 11.6 Å². The molecule has 0 bridgehead atoms. The van der Waals surface area contributed by atoms with Crippen molar-refractivity contribution in [3.05, 3.63) is 64.2 Å². The van der Waals surface area contributed by atoms with Gasteiger partial charge in [-0.25, -0.2) is 0 Å². The van der Waals surface area contributed by atoms with E-state index < -0.39 is 4.92 Å². The van der Waals surface area contributed by atoms with Gasteiger partial charge in [-0.2, -0.15) is 0 Å². The topological polar surface area (TPSA) is 81.9 Å². The molecule has 0 saturated carbocycles. The second kappa shape index (κ2) is 7.10. The van der Waals surface area contributed by atoms with Crippen molar-refractivity contribution in [1.29, 1.82) is 0 Å². The summed E-state index contributed by atoms with van der Waals surface area (Å²) >= 11 is 0. The number of benzene rings is 2. The van der Waals surface area contributed by atoms with Crippen molar-refractivity contribution < 1.29 is 19.2 Å². The molecule has 0 atom stereocenters. The summed E-state index contributed by atoms with van der Waals surface area (Å²) in [6.07, 6.45) is 0. The SMILES string of the molecule is O=C(c1ccc(Oc2ccc([N+](=O)[O-])cc2)cc1)N1CCOCC1. The fourth-order valence-electron chi connectivity index (χ4n) is 2.39. The molecule has 2 aromatic carbocycles. The summed E-state index contributed by atoms with van der Waals surface area (Å²) in [6.45, 7) is 2.32. The van der Waals surface area contributed by atoms with E-state index in [0.717, 1.165) is 0 Å². The minimum Gasteiger partial charge on any atom is -0.457 e. The van der Waals surface area contributed by atoms with Crippen LogP contribution in [0.15, 0.2) is 48.5 Å². The van der Waals surface area contributed by atoms with Gasteiger partial charge in [-0.15, -0.1) is 0 Å². The lowest BCUT2D eigenvalue weighted by atomic mass is 10.2. The van der Waals surface area contributed by atoms with Gasteiger partial charge in [0.25, 0.3) is 11.6 Å². The van der Waals surface area contributed by atoms with E-state index in [1.54, 1.807) is 29.2 Å². The number of amides is 1. The molecule has 7 nitrogen and oxygen atoms in total. The van der Waals surface area contributed by atoms with Crippen LogP contribution in [0.25, 0.3) is 0 Å². The lowest BCUT2D eigenvalue weighted by molar-refractivity contribution is -0.384. The Hall–Kier alpha value is -2.93. The number of hydrogen-bond donors (Lipinski definition) is 0. The maximum absolute atomic E-state index is 12.3. The highest BCUT2D eigenvalue weighted by Gasteiger charge is 2.18. The van der Waals surface area contributed by atoms with Crippen molar-refractivity contribution in [2.24, 2.45) is 0 Å². The van der Waals surface area contributed by atoms with Crippen molar-refractivity contribution in [1.82, 2.24) is 4.90 Å². The van der Waals surface area contributed by atoms with Crippen LogP contribution in [0.5, 0.6) is 11.5 Å². The Morgan fingerprint density at radius 3 is 2.08 bits per heavy atom. The Morgan fingerprint density at radius 2 is 1.54 bits per heavy atom. The fraction of sp³-hybridized carbons (Fsp3) is 0.235. The lowest BCUT2D eigenvalue weighted by Gasteiger charge is -2.26. The maximum atomic E-state index is 12.3. The van der Waals surface area contributed by atoms with Crippen LogP contribution in [0.3, 0.4) is 0 Å². The number of carbonyl (C=O) groups excluding carboxylic acids is 1. The van der Waals surface area contributed by atoms with Crippen LogP contribution in [-0.2, 0) is 4.74 Å². The molecule has 0 N–H and O–H groups in total. The van der Waals surface area contributed by atoms with Crippen LogP contribution in [0.1, 0.15) is 10.4 Å². The number of morpholine rings is 1. The van der Waals surface area contributed by atoms with E-state index in [1.165, 1.54) is 24.3 Å². The van der Waals surface area contributed by atoms with Gasteiger partial charge in [-0.1, -0.05) is 0 Å². The zero-order chi connectivity index (χ0) is 16.9. The Bertz CT molecular complexity index is 722. The number of nitro benzene ring substituents is 1. The summed E-state index contributed by atoms with van der Waals surface area (Å²) in [5, 5.41) is 10.6. The number of nitro groups is 1. The molecule has 24 heavy (non-hydrogen) atoms. The van der Waals surface area contributed by atoms with Gasteiger partial charge in [0.1, 0.15) is 11.5 Å². The standard InChI is InChI=1S/C17H16N2O5/c20-17(18-9-11-23-12-10-18)13-1-5-15(6-2-13)24-16-7-3-14(4-8-16)19(21)22/h1-8H,9-12H2. The van der Waals surface area contributed by atoms with Crippen LogP contribution in [0, 0.1) is 10.1 Å². The van der Waals surface area contributed by atoms with E-state index in [4.69, 9.17) is 9.47 Å². The minimum absolute atomic E-state index is 0.00815. The highest BCUT2D eigenvalue weighted by atomic mass is 16.6. The predicted molar refractivity (Wildman–Crippen MR) is 86.3 cm³/mol. The van der Waals surface area contributed by atoms with Gasteiger partial charge in [0.15, 0.2) is 0 Å². The second-order valence-electron chi connectivity index (χ2n) is 5.28. The van der Waals surface area contributed by atoms with Crippen molar-refractivity contribution in [3.8, 4) is 11.5 Å². The summed E-state index contributed by atoms with van der Waals surface area (Å²) in [5.41, 5.74) is 0.599. The Balaban J connectivity index is 1.65. The van der Waals surface area contributed by atoms with E-state index in [0.29, 0.717) is 43.4 Å². The summed E-state index contributed by atoms with van der Waals surface area (Å²) in [6, 6.07) is 12.6. The van der Waals surface area contributed by atoms with Gasteiger partial charge in [0.2, 0.25) is 0 Å². The molecule has 1 fully saturated rings. The molecule has 1 saturated heterocycles. The van der Waals surface area contributed by atoms with E-state index in [1.807, 2.05) is 0 Å². The first-order valence-electron chi connectivity index (χ1n) is 7.53. The van der Waals surface area contributed by atoms with Crippen molar-refractivity contribution in [2.45, 2.75) is 0 Å². The zero-order valence-electron chi connectivity index (χ0n) is 12.9. The predicted octanol–water partition coefficient (Wildman–Crippen LogP) is 2.86. The summed E-state index contributed by atoms with van der Waals surface area (Å²) in [4.78, 5) is 24.3. The third-order valence-corrected chi connectivity index (χ3v) is 3.68. The second-order valence-corrected chi connectivity index (χ2v) is 5.28. The molecule has 124 valence electrons. The molecular formula is C17H16N2O5. The zero-order valence-corrected chi connectivity index (χ0v) is 12.9. The largest absolute Gasteiger partial charge is 0.457 e. The third-order valence-electron chi connectivity index (χ3n) is 3.68. The first kappa shape index (κ1) is 15.9. The molecule has 3 rings (SSSR count). The number of non-ortho nitro benzene ring substituents is 1. The molecule has 0 aromatic heterocycles. The lowest BCUT2D eigenvalue weighted by Crippen LogP contribution is -2.40. The molecule has 1 heterocycles. The molecule has 1 amide bonds. The number of rotatable bonds is 4. The van der Waals surface area contributed by atoms with Crippen molar-refractivity contribution in [2.75, 3.05) is 26.3 Å². The molecule has 0 unspecified atom stereocenters. The van der Waals surface area contributed by atoms with E-state index in [2.05, 4.69) is 0 Å². The minimum atomic E-state index is -0.462. The Morgan fingerprint density at radius 1 is 1.00 bits per heavy atom. The van der Waals surface area contributed by atoms with E-state index >= 15 is 0 Å². The quantitative estimate of drug-likeness (QED) is 0.637. The van der Waals surface area contributed by atoms with Gasteiger partial charge >= 0.3 is 0 Å². The van der Waals surface area contributed by atoms with Crippen LogP contribution in [0.4, 0.5) is 5.69 Å². The van der Waals surface area contributed by atoms with Gasteiger partial charge in [0, 0.05) is 30.8 Å². The highest BCUT2D eigenvalue weighted by molar-refractivity contribution is 5.94. The van der Waals surface area contributed by atoms with E-state index in [9.17, 15) is 14.9 Å². The summed E-state index contributed by atoms with van der Waals surface area (Å²) in [5.74, 6) is 1.02.